The van der Waals surface area contributed by atoms with E-state index in [1.807, 2.05) is 0 Å². The van der Waals surface area contributed by atoms with Crippen molar-refractivity contribution in [1.29, 1.82) is 0 Å². The molecule has 0 atom stereocenters. The van der Waals surface area contributed by atoms with Crippen molar-refractivity contribution < 1.29 is 0 Å². The SMILES string of the molecule is C[Si]1(C)c2ccccc2-c2cc3c(-c4ccc5ccccc5c4)c4ccc(-c5ccc(-c6ccc7ccccc7c6)c6ccccc56)cc4c(-c4ccc5ccccc5c4)c3cc21. The fraction of sp³-hybridized carbons (Fsp3) is 0.0323. The normalized spacial score (nSPS) is 13.0. The van der Waals surface area contributed by atoms with Crippen molar-refractivity contribution in [3.8, 4) is 55.6 Å². The van der Waals surface area contributed by atoms with Gasteiger partial charge in [-0.3, -0.25) is 0 Å². The van der Waals surface area contributed by atoms with Crippen LogP contribution >= 0.6 is 0 Å². The summed E-state index contributed by atoms with van der Waals surface area (Å²) in [6.45, 7) is 5.07. The molecule has 0 nitrogen and oxygen atoms in total. The van der Waals surface area contributed by atoms with Gasteiger partial charge < -0.3 is 0 Å². The zero-order valence-electron chi connectivity index (χ0n) is 35.3. The van der Waals surface area contributed by atoms with Crippen molar-refractivity contribution in [3.05, 3.63) is 218 Å². The quantitative estimate of drug-likeness (QED) is 0.123. The lowest BCUT2D eigenvalue weighted by Gasteiger charge is -2.23. The molecule has 0 fully saturated rings. The molecule has 12 aromatic rings. The Morgan fingerprint density at radius 2 is 0.667 bits per heavy atom. The summed E-state index contributed by atoms with van der Waals surface area (Å²) in [6.07, 6.45) is 0. The second-order valence-electron chi connectivity index (χ2n) is 18.0. The van der Waals surface area contributed by atoms with Gasteiger partial charge in [-0.05, 0) is 161 Å². The number of hydrogen-bond acceptors (Lipinski definition) is 0. The summed E-state index contributed by atoms with van der Waals surface area (Å²) in [4.78, 5) is 0. The van der Waals surface area contributed by atoms with Crippen molar-refractivity contribution >= 4 is 83.1 Å². The first kappa shape index (κ1) is 36.1. The Morgan fingerprint density at radius 1 is 0.238 bits per heavy atom. The number of benzene rings is 12. The summed E-state index contributed by atoms with van der Waals surface area (Å²) in [7, 11) is -2.01. The van der Waals surface area contributed by atoms with Gasteiger partial charge in [0, 0.05) is 0 Å². The molecular weight excluding hydrogens is 773 g/mol. The molecule has 1 aliphatic heterocycles. The van der Waals surface area contributed by atoms with Gasteiger partial charge in [-0.15, -0.1) is 0 Å². The topological polar surface area (TPSA) is 0 Å². The van der Waals surface area contributed by atoms with Gasteiger partial charge >= 0.3 is 0 Å². The van der Waals surface area contributed by atoms with E-state index in [1.54, 1.807) is 0 Å². The number of rotatable bonds is 4. The van der Waals surface area contributed by atoms with Gasteiger partial charge in [0.1, 0.15) is 8.07 Å². The van der Waals surface area contributed by atoms with Crippen molar-refractivity contribution in [2.75, 3.05) is 0 Å². The van der Waals surface area contributed by atoms with Gasteiger partial charge in [0.15, 0.2) is 0 Å². The predicted molar refractivity (Wildman–Crippen MR) is 275 cm³/mol. The zero-order valence-corrected chi connectivity index (χ0v) is 36.3. The molecule has 0 aromatic heterocycles. The molecule has 0 N–H and O–H groups in total. The van der Waals surface area contributed by atoms with Gasteiger partial charge in [-0.25, -0.2) is 0 Å². The van der Waals surface area contributed by atoms with Gasteiger partial charge in [0.05, 0.1) is 0 Å². The van der Waals surface area contributed by atoms with Crippen LogP contribution in [0.1, 0.15) is 0 Å². The molecule has 0 radical (unpaired) electrons. The van der Waals surface area contributed by atoms with Crippen LogP contribution in [0.5, 0.6) is 0 Å². The van der Waals surface area contributed by atoms with Crippen molar-refractivity contribution in [2.24, 2.45) is 0 Å². The molecule has 0 unspecified atom stereocenters. The number of hydrogen-bond donors (Lipinski definition) is 0. The minimum absolute atomic E-state index is 1.22. The molecule has 0 spiro atoms. The second kappa shape index (κ2) is 13.7. The lowest BCUT2D eigenvalue weighted by molar-refractivity contribution is 1.65. The second-order valence-corrected chi connectivity index (χ2v) is 22.3. The third-order valence-electron chi connectivity index (χ3n) is 14.2. The molecule has 294 valence electrons. The average molecular weight is 815 g/mol. The Labute approximate surface area is 368 Å². The highest BCUT2D eigenvalue weighted by molar-refractivity contribution is 7.04. The first-order valence-corrected chi connectivity index (χ1v) is 25.2. The lowest BCUT2D eigenvalue weighted by Crippen LogP contribution is -2.49. The van der Waals surface area contributed by atoms with Crippen molar-refractivity contribution in [3.63, 3.8) is 0 Å². The van der Waals surface area contributed by atoms with Gasteiger partial charge in [0.2, 0.25) is 0 Å². The van der Waals surface area contributed by atoms with Crippen LogP contribution in [-0.2, 0) is 0 Å². The summed E-state index contributed by atoms with van der Waals surface area (Å²) < 4.78 is 0. The standard InChI is InChI=1S/C62H42Si/c1-63(2)59-22-12-11-21-53(59)55-37-57-58(38-60(55)63)62(48-28-25-41-15-5-8-18-44(41)35-48)56-36-46(29-30-54(56)61(57)47-27-24-40-14-4-7-17-43(40)34-47)50-32-31-49(51-19-9-10-20-52(50)51)45-26-23-39-13-3-6-16-42(39)33-45/h3-38H,1-2H3. The molecule has 13 rings (SSSR count). The third-order valence-corrected chi connectivity index (χ3v) is 17.7. The van der Waals surface area contributed by atoms with E-state index < -0.39 is 8.07 Å². The van der Waals surface area contributed by atoms with Gasteiger partial charge in [-0.2, -0.15) is 0 Å². The van der Waals surface area contributed by atoms with Crippen molar-refractivity contribution in [2.45, 2.75) is 13.1 Å². The Morgan fingerprint density at radius 3 is 1.27 bits per heavy atom. The molecule has 0 bridgehead atoms. The molecular formula is C62H42Si. The van der Waals surface area contributed by atoms with Crippen LogP contribution in [0.15, 0.2) is 218 Å². The summed E-state index contributed by atoms with van der Waals surface area (Å²) in [5, 5.41) is 18.3. The molecule has 0 aliphatic carbocycles. The molecule has 0 amide bonds. The third kappa shape index (κ3) is 5.53. The van der Waals surface area contributed by atoms with Crippen LogP contribution in [0.4, 0.5) is 0 Å². The maximum Gasteiger partial charge on any atom is 0.113 e. The largest absolute Gasteiger partial charge is 0.113 e. The first-order chi connectivity index (χ1) is 31.0. The van der Waals surface area contributed by atoms with Crippen LogP contribution in [0.2, 0.25) is 13.1 Å². The van der Waals surface area contributed by atoms with E-state index in [2.05, 4.69) is 231 Å². The molecule has 0 saturated carbocycles. The minimum Gasteiger partial charge on any atom is -0.0623 e. The van der Waals surface area contributed by atoms with Crippen LogP contribution in [-0.4, -0.2) is 8.07 Å². The van der Waals surface area contributed by atoms with Crippen LogP contribution < -0.4 is 10.4 Å². The molecule has 12 aromatic carbocycles. The maximum atomic E-state index is 2.62. The Kier molecular flexibility index (Phi) is 7.86. The van der Waals surface area contributed by atoms with E-state index in [9.17, 15) is 0 Å². The highest BCUT2D eigenvalue weighted by Crippen LogP contribution is 2.48. The summed E-state index contributed by atoms with van der Waals surface area (Å²) in [5.41, 5.74) is 12.8. The fourth-order valence-corrected chi connectivity index (χ4v) is 14.1. The molecule has 1 aliphatic rings. The van der Waals surface area contributed by atoms with E-state index in [0.29, 0.717) is 0 Å². The van der Waals surface area contributed by atoms with E-state index in [1.165, 1.54) is 131 Å². The molecule has 63 heavy (non-hydrogen) atoms. The van der Waals surface area contributed by atoms with E-state index in [4.69, 9.17) is 0 Å². The highest BCUT2D eigenvalue weighted by Gasteiger charge is 2.38. The van der Waals surface area contributed by atoms with Crippen LogP contribution in [0, 0.1) is 0 Å². The average Bonchev–Trinajstić information content (AvgIpc) is 3.56. The maximum absolute atomic E-state index is 2.62. The van der Waals surface area contributed by atoms with Gasteiger partial charge in [0.25, 0.3) is 0 Å². The summed E-state index contributed by atoms with van der Waals surface area (Å²) in [6, 6.07) is 82.5. The van der Waals surface area contributed by atoms with E-state index in [0.717, 1.165) is 0 Å². The minimum atomic E-state index is -2.01. The van der Waals surface area contributed by atoms with E-state index >= 15 is 0 Å². The van der Waals surface area contributed by atoms with Crippen LogP contribution in [0.3, 0.4) is 0 Å². The number of fused-ring (bicyclic) bond motifs is 9. The summed E-state index contributed by atoms with van der Waals surface area (Å²) >= 11 is 0. The Balaban J connectivity index is 1.14. The summed E-state index contributed by atoms with van der Waals surface area (Å²) in [5.74, 6) is 0. The van der Waals surface area contributed by atoms with Gasteiger partial charge in [-0.1, -0.05) is 201 Å². The fourth-order valence-electron chi connectivity index (χ4n) is 11.1. The molecule has 1 heteroatoms. The highest BCUT2D eigenvalue weighted by atomic mass is 28.3. The Bertz CT molecular complexity index is 3890. The monoisotopic (exact) mass is 814 g/mol. The van der Waals surface area contributed by atoms with Crippen LogP contribution in [0.25, 0.3) is 120 Å². The van der Waals surface area contributed by atoms with Crippen molar-refractivity contribution in [1.82, 2.24) is 0 Å². The smallest absolute Gasteiger partial charge is 0.0623 e. The zero-order chi connectivity index (χ0) is 41.8. The Hall–Kier alpha value is -7.58. The predicted octanol–water partition coefficient (Wildman–Crippen LogP) is 16.1. The lowest BCUT2D eigenvalue weighted by atomic mass is 9.83. The van der Waals surface area contributed by atoms with E-state index in [-0.39, 0.29) is 0 Å². The molecule has 1 heterocycles. The molecule has 0 saturated heterocycles. The first-order valence-electron chi connectivity index (χ1n) is 22.2.